The smallest absolute Gasteiger partial charge is 0.124 e. The maximum atomic E-state index is 5.92. The van der Waals surface area contributed by atoms with Crippen LogP contribution in [0.3, 0.4) is 0 Å². The van der Waals surface area contributed by atoms with Gasteiger partial charge in [-0.15, -0.1) is 0 Å². The maximum Gasteiger partial charge on any atom is 0.124 e. The molecule has 0 spiro atoms. The van der Waals surface area contributed by atoms with Crippen molar-refractivity contribution in [2.45, 2.75) is 25.4 Å². The molecule has 0 bridgehead atoms. The Hall–Kier alpha value is -1.07. The van der Waals surface area contributed by atoms with E-state index < -0.39 is 0 Å². The van der Waals surface area contributed by atoms with Gasteiger partial charge in [0, 0.05) is 31.2 Å². The highest BCUT2D eigenvalue weighted by atomic mass is 15.4. The Morgan fingerprint density at radius 1 is 1.67 bits per heavy atom. The number of nitrogens with one attached hydrogen (secondary N) is 2. The van der Waals surface area contributed by atoms with Gasteiger partial charge in [0.05, 0.1) is 12.2 Å². The third kappa shape index (κ3) is 2.49. The van der Waals surface area contributed by atoms with Crippen molar-refractivity contribution in [1.82, 2.24) is 15.1 Å². The molecule has 4 N–H and O–H groups in total. The van der Waals surface area contributed by atoms with Gasteiger partial charge >= 0.3 is 0 Å². The summed E-state index contributed by atoms with van der Waals surface area (Å²) < 4.78 is 2.03. The van der Waals surface area contributed by atoms with Crippen LogP contribution in [0.15, 0.2) is 12.3 Å². The van der Waals surface area contributed by atoms with E-state index in [1.807, 2.05) is 30.8 Å². The van der Waals surface area contributed by atoms with Gasteiger partial charge in [-0.2, -0.15) is 5.10 Å². The lowest BCUT2D eigenvalue weighted by molar-refractivity contribution is 0.321. The zero-order valence-electron chi connectivity index (χ0n) is 9.33. The molecule has 2 rings (SSSR count). The Morgan fingerprint density at radius 3 is 2.93 bits per heavy atom. The largest absolute Gasteiger partial charge is 0.368 e. The molecule has 0 aliphatic carbocycles. The highest BCUT2D eigenvalue weighted by Gasteiger charge is 2.22. The van der Waals surface area contributed by atoms with Gasteiger partial charge in [0.2, 0.25) is 0 Å². The molecule has 0 radical (unpaired) electrons. The Labute approximate surface area is 90.0 Å². The number of nitrogens with zero attached hydrogens (tertiary/aromatic N) is 2. The molecule has 5 nitrogen and oxygen atoms in total. The van der Waals surface area contributed by atoms with E-state index in [9.17, 15) is 0 Å². The van der Waals surface area contributed by atoms with Crippen molar-refractivity contribution in [2.24, 2.45) is 5.73 Å². The summed E-state index contributed by atoms with van der Waals surface area (Å²) in [4.78, 5) is 0. The lowest BCUT2D eigenvalue weighted by atomic mass is 10.1. The number of hydrogen-bond donors (Lipinski definition) is 3. The minimum Gasteiger partial charge on any atom is -0.368 e. The highest BCUT2D eigenvalue weighted by Crippen LogP contribution is 2.17. The van der Waals surface area contributed by atoms with Crippen LogP contribution in [-0.4, -0.2) is 35.0 Å². The van der Waals surface area contributed by atoms with Crippen molar-refractivity contribution < 1.29 is 0 Å². The molecule has 0 saturated carbocycles. The topological polar surface area (TPSA) is 67.9 Å². The lowest BCUT2D eigenvalue weighted by Gasteiger charge is -2.29. The van der Waals surface area contributed by atoms with Crippen molar-refractivity contribution in [2.75, 3.05) is 25.0 Å². The molecule has 1 aliphatic rings. The molecular formula is C10H19N5. The van der Waals surface area contributed by atoms with E-state index in [4.69, 9.17) is 5.73 Å². The molecular weight excluding hydrogens is 190 g/mol. The third-order valence-corrected chi connectivity index (χ3v) is 2.50. The van der Waals surface area contributed by atoms with Crippen LogP contribution in [0.25, 0.3) is 0 Å². The first-order valence-corrected chi connectivity index (χ1v) is 5.33. The molecule has 2 heterocycles. The molecule has 0 amide bonds. The molecule has 0 aromatic carbocycles. The van der Waals surface area contributed by atoms with Crippen LogP contribution in [0.1, 0.15) is 19.9 Å². The van der Waals surface area contributed by atoms with Crippen molar-refractivity contribution >= 4 is 5.82 Å². The number of aromatic nitrogens is 2. The van der Waals surface area contributed by atoms with E-state index in [1.54, 1.807) is 0 Å². The second-order valence-electron chi connectivity index (χ2n) is 4.82. The summed E-state index contributed by atoms with van der Waals surface area (Å²) in [6.07, 6.45) is 1.82. The number of nitrogens with two attached hydrogens (primary N) is 1. The van der Waals surface area contributed by atoms with Crippen molar-refractivity contribution in [3.8, 4) is 0 Å². The fourth-order valence-corrected chi connectivity index (χ4v) is 1.51. The molecule has 1 aromatic heterocycles. The predicted molar refractivity (Wildman–Crippen MR) is 60.9 cm³/mol. The van der Waals surface area contributed by atoms with Crippen LogP contribution >= 0.6 is 0 Å². The molecule has 15 heavy (non-hydrogen) atoms. The van der Waals surface area contributed by atoms with Gasteiger partial charge in [-0.05, 0) is 13.8 Å². The molecule has 1 saturated heterocycles. The van der Waals surface area contributed by atoms with E-state index in [2.05, 4.69) is 15.7 Å². The molecule has 5 heteroatoms. The summed E-state index contributed by atoms with van der Waals surface area (Å²) in [6.45, 7) is 6.76. The predicted octanol–water partition coefficient (Wildman–Crippen LogP) is 0.177. The first kappa shape index (κ1) is 10.4. The zero-order valence-corrected chi connectivity index (χ0v) is 9.33. The van der Waals surface area contributed by atoms with Gasteiger partial charge in [0.15, 0.2) is 0 Å². The van der Waals surface area contributed by atoms with Crippen LogP contribution in [0.4, 0.5) is 5.82 Å². The monoisotopic (exact) mass is 209 g/mol. The molecule has 1 fully saturated rings. The van der Waals surface area contributed by atoms with Gasteiger partial charge in [-0.25, -0.2) is 4.68 Å². The van der Waals surface area contributed by atoms with E-state index in [1.165, 1.54) is 0 Å². The Kier molecular flexibility index (Phi) is 2.67. The Bertz CT molecular complexity index is 321. The minimum absolute atomic E-state index is 0.201. The third-order valence-electron chi connectivity index (χ3n) is 2.50. The van der Waals surface area contributed by atoms with E-state index >= 15 is 0 Å². The summed E-state index contributed by atoms with van der Waals surface area (Å²) in [5.41, 5.74) is 5.72. The van der Waals surface area contributed by atoms with E-state index in [0.29, 0.717) is 6.04 Å². The maximum absolute atomic E-state index is 5.92. The normalized spacial score (nSPS) is 17.5. The van der Waals surface area contributed by atoms with Crippen LogP contribution in [0, 0.1) is 0 Å². The van der Waals surface area contributed by atoms with Gasteiger partial charge in [-0.3, -0.25) is 0 Å². The number of anilines is 1. The van der Waals surface area contributed by atoms with Crippen LogP contribution in [-0.2, 0) is 0 Å². The molecule has 0 atom stereocenters. The van der Waals surface area contributed by atoms with Gasteiger partial charge in [0.1, 0.15) is 5.82 Å². The fraction of sp³-hybridized carbons (Fsp3) is 0.700. The van der Waals surface area contributed by atoms with Crippen LogP contribution in [0.2, 0.25) is 0 Å². The summed E-state index contributed by atoms with van der Waals surface area (Å²) >= 11 is 0. The van der Waals surface area contributed by atoms with E-state index in [0.717, 1.165) is 25.5 Å². The molecule has 0 unspecified atom stereocenters. The molecule has 1 aliphatic heterocycles. The minimum atomic E-state index is -0.201. The fourth-order valence-electron chi connectivity index (χ4n) is 1.51. The number of hydrogen-bond acceptors (Lipinski definition) is 4. The van der Waals surface area contributed by atoms with E-state index in [-0.39, 0.29) is 5.54 Å². The Morgan fingerprint density at radius 2 is 2.40 bits per heavy atom. The quantitative estimate of drug-likeness (QED) is 0.661. The van der Waals surface area contributed by atoms with Crippen molar-refractivity contribution in [1.29, 1.82) is 0 Å². The lowest BCUT2D eigenvalue weighted by Crippen LogP contribution is -2.45. The first-order chi connectivity index (χ1) is 7.06. The van der Waals surface area contributed by atoms with Crippen molar-refractivity contribution in [3.05, 3.63) is 12.3 Å². The van der Waals surface area contributed by atoms with Crippen LogP contribution < -0.4 is 16.4 Å². The summed E-state index contributed by atoms with van der Waals surface area (Å²) in [5, 5.41) is 10.9. The van der Waals surface area contributed by atoms with Gasteiger partial charge < -0.3 is 16.4 Å². The average molecular weight is 209 g/mol. The second kappa shape index (κ2) is 3.83. The average Bonchev–Trinajstić information content (AvgIpc) is 2.44. The zero-order chi connectivity index (χ0) is 10.9. The molecule has 84 valence electrons. The van der Waals surface area contributed by atoms with Gasteiger partial charge in [-0.1, -0.05) is 0 Å². The Balaban J connectivity index is 1.98. The highest BCUT2D eigenvalue weighted by molar-refractivity contribution is 5.35. The SMILES string of the molecule is CC(C)(N)CNc1ccnn1C1CNC1. The van der Waals surface area contributed by atoms with Crippen molar-refractivity contribution in [3.63, 3.8) is 0 Å². The second-order valence-corrected chi connectivity index (χ2v) is 4.82. The first-order valence-electron chi connectivity index (χ1n) is 5.33. The molecule has 1 aromatic rings. The number of rotatable bonds is 4. The summed E-state index contributed by atoms with van der Waals surface area (Å²) in [5.74, 6) is 1.06. The standard InChI is InChI=1S/C10H19N5/c1-10(2,11)7-13-9-3-4-14-15(9)8-5-12-6-8/h3-4,8,12-13H,5-7,11H2,1-2H3. The van der Waals surface area contributed by atoms with Crippen LogP contribution in [0.5, 0.6) is 0 Å². The van der Waals surface area contributed by atoms with Gasteiger partial charge in [0.25, 0.3) is 0 Å². The summed E-state index contributed by atoms with van der Waals surface area (Å²) in [7, 11) is 0. The summed E-state index contributed by atoms with van der Waals surface area (Å²) in [6, 6.07) is 2.48.